The first-order valence-electron chi connectivity index (χ1n) is 10.6. The van der Waals surface area contributed by atoms with E-state index < -0.39 is 17.7 Å². The highest BCUT2D eigenvalue weighted by molar-refractivity contribution is 6.08. The molecule has 1 aliphatic heterocycles. The van der Waals surface area contributed by atoms with Crippen molar-refractivity contribution in [3.63, 3.8) is 0 Å². The summed E-state index contributed by atoms with van der Waals surface area (Å²) in [6, 6.07) is 12.9. The van der Waals surface area contributed by atoms with E-state index in [0.717, 1.165) is 16.7 Å². The van der Waals surface area contributed by atoms with Gasteiger partial charge in [0, 0.05) is 6.54 Å². The molecule has 3 rings (SSSR count). The number of aliphatic hydroxyl groups excluding tert-OH is 1. The average Bonchev–Trinajstić information content (AvgIpc) is 3.01. The number of hydrogen-bond acceptors (Lipinski definition) is 5. The summed E-state index contributed by atoms with van der Waals surface area (Å²) in [5, 5.41) is 10.5. The minimum atomic E-state index is -0.617. The monoisotopic (exact) mass is 437 g/mol. The number of ketones is 1. The fourth-order valence-electron chi connectivity index (χ4n) is 4.04. The zero-order chi connectivity index (χ0) is 23.6. The van der Waals surface area contributed by atoms with E-state index in [-0.39, 0.29) is 16.8 Å². The van der Waals surface area contributed by atoms with Crippen LogP contribution in [0.2, 0.25) is 0 Å². The predicted octanol–water partition coefficient (Wildman–Crippen LogP) is 4.53. The third-order valence-electron chi connectivity index (χ3n) is 5.86. The molecule has 0 unspecified atom stereocenters. The van der Waals surface area contributed by atoms with Gasteiger partial charge in [0.2, 0.25) is 0 Å². The number of Topliss-reactive ketones (excluding diaryl/α,β-unsaturated/α-hetero) is 1. The molecule has 6 nitrogen and oxygen atoms in total. The van der Waals surface area contributed by atoms with Crippen molar-refractivity contribution < 1.29 is 24.2 Å². The largest absolute Gasteiger partial charge is 0.503 e. The first kappa shape index (κ1) is 23.4. The molecule has 0 aromatic heterocycles. The van der Waals surface area contributed by atoms with Crippen LogP contribution in [0, 0.1) is 0 Å². The predicted molar refractivity (Wildman–Crippen MR) is 123 cm³/mol. The Bertz CT molecular complexity index is 1050. The molecule has 0 saturated heterocycles. The van der Waals surface area contributed by atoms with Gasteiger partial charge >= 0.3 is 0 Å². The molecule has 2 aromatic rings. The number of amides is 1. The lowest BCUT2D eigenvalue weighted by atomic mass is 9.85. The second kappa shape index (κ2) is 9.07. The Morgan fingerprint density at radius 1 is 1.03 bits per heavy atom. The molecule has 1 atom stereocenters. The number of methoxy groups -OCH3 is 2. The van der Waals surface area contributed by atoms with Gasteiger partial charge < -0.3 is 19.5 Å². The highest BCUT2D eigenvalue weighted by Crippen LogP contribution is 2.38. The molecule has 1 heterocycles. The maximum atomic E-state index is 12.9. The molecule has 1 aliphatic rings. The third kappa shape index (κ3) is 4.49. The molecule has 32 heavy (non-hydrogen) atoms. The molecule has 0 bridgehead atoms. The molecule has 1 amide bonds. The number of nitrogens with zero attached hydrogens (tertiary/aromatic N) is 1. The van der Waals surface area contributed by atoms with Gasteiger partial charge in [-0.05, 0) is 47.6 Å². The number of carbonyl (C=O) groups excluding carboxylic acids is 2. The molecule has 0 saturated carbocycles. The van der Waals surface area contributed by atoms with E-state index in [1.54, 1.807) is 19.1 Å². The van der Waals surface area contributed by atoms with Crippen LogP contribution in [0.4, 0.5) is 0 Å². The van der Waals surface area contributed by atoms with Crippen molar-refractivity contribution in [2.75, 3.05) is 20.8 Å². The van der Waals surface area contributed by atoms with Crippen molar-refractivity contribution in [1.29, 1.82) is 0 Å². The Balaban J connectivity index is 1.92. The molecule has 2 aromatic carbocycles. The maximum Gasteiger partial charge on any atom is 0.290 e. The molecule has 6 heteroatoms. The lowest BCUT2D eigenvalue weighted by Gasteiger charge is -2.27. The number of ether oxygens (including phenoxy) is 2. The quantitative estimate of drug-likeness (QED) is 0.689. The van der Waals surface area contributed by atoms with Crippen LogP contribution in [0.3, 0.4) is 0 Å². The van der Waals surface area contributed by atoms with Gasteiger partial charge in [0.25, 0.3) is 5.91 Å². The van der Waals surface area contributed by atoms with E-state index in [4.69, 9.17) is 9.47 Å². The maximum absolute atomic E-state index is 12.9. The van der Waals surface area contributed by atoms with E-state index in [0.29, 0.717) is 24.5 Å². The summed E-state index contributed by atoms with van der Waals surface area (Å²) in [5.41, 5.74) is 3.03. The highest BCUT2D eigenvalue weighted by atomic mass is 16.5. The molecule has 0 radical (unpaired) electrons. The van der Waals surface area contributed by atoms with E-state index in [9.17, 15) is 14.7 Å². The Morgan fingerprint density at radius 3 is 2.19 bits per heavy atom. The number of rotatable bonds is 7. The fourth-order valence-corrected chi connectivity index (χ4v) is 4.04. The number of hydrogen-bond donors (Lipinski definition) is 1. The van der Waals surface area contributed by atoms with E-state index in [1.807, 2.05) is 42.5 Å². The zero-order valence-electron chi connectivity index (χ0n) is 19.6. The first-order chi connectivity index (χ1) is 15.1. The van der Waals surface area contributed by atoms with Gasteiger partial charge in [-0.15, -0.1) is 0 Å². The summed E-state index contributed by atoms with van der Waals surface area (Å²) in [5.74, 6) is -0.0643. The summed E-state index contributed by atoms with van der Waals surface area (Å²) < 4.78 is 10.6. The standard InChI is InChI=1S/C26H31NO5/c1-16(28)22-23(18-8-10-19(11-9-18)26(2,3)4)27(25(30)24(22)29)14-13-17-7-12-20(31-5)21(15-17)32-6/h7-12,15,23,29H,13-14H2,1-6H3/t23-/m1/s1. The Morgan fingerprint density at radius 2 is 1.66 bits per heavy atom. The van der Waals surface area contributed by atoms with Crippen LogP contribution in [-0.2, 0) is 21.4 Å². The lowest BCUT2D eigenvalue weighted by Crippen LogP contribution is -2.33. The van der Waals surface area contributed by atoms with Crippen LogP contribution in [-0.4, -0.2) is 42.5 Å². The van der Waals surface area contributed by atoms with Crippen LogP contribution < -0.4 is 9.47 Å². The molecule has 1 N–H and O–H groups in total. The van der Waals surface area contributed by atoms with Crippen molar-refractivity contribution in [2.24, 2.45) is 0 Å². The lowest BCUT2D eigenvalue weighted by molar-refractivity contribution is -0.129. The Hall–Kier alpha value is -3.28. The molecular formula is C26H31NO5. The van der Waals surface area contributed by atoms with Crippen LogP contribution in [0.1, 0.15) is 50.4 Å². The number of benzene rings is 2. The van der Waals surface area contributed by atoms with Crippen molar-refractivity contribution in [2.45, 2.75) is 45.6 Å². The van der Waals surface area contributed by atoms with Crippen LogP contribution >= 0.6 is 0 Å². The van der Waals surface area contributed by atoms with Gasteiger partial charge in [-0.3, -0.25) is 9.59 Å². The minimum Gasteiger partial charge on any atom is -0.503 e. The van der Waals surface area contributed by atoms with Gasteiger partial charge in [0.15, 0.2) is 23.0 Å². The van der Waals surface area contributed by atoms with E-state index >= 15 is 0 Å². The van der Waals surface area contributed by atoms with Crippen molar-refractivity contribution in [1.82, 2.24) is 4.90 Å². The normalized spacial score (nSPS) is 16.5. The van der Waals surface area contributed by atoms with Crippen molar-refractivity contribution in [3.05, 3.63) is 70.5 Å². The van der Waals surface area contributed by atoms with Gasteiger partial charge in [-0.1, -0.05) is 51.1 Å². The molecule has 170 valence electrons. The Kier molecular flexibility index (Phi) is 6.63. The number of carbonyl (C=O) groups is 2. The van der Waals surface area contributed by atoms with Gasteiger partial charge in [0.1, 0.15) is 0 Å². The Labute approximate surface area is 189 Å². The second-order valence-electron chi connectivity index (χ2n) is 9.03. The molecule has 0 aliphatic carbocycles. The first-order valence-corrected chi connectivity index (χ1v) is 10.6. The second-order valence-corrected chi connectivity index (χ2v) is 9.03. The van der Waals surface area contributed by atoms with Gasteiger partial charge in [0.05, 0.1) is 25.8 Å². The summed E-state index contributed by atoms with van der Waals surface area (Å²) in [6.45, 7) is 8.10. The van der Waals surface area contributed by atoms with Gasteiger partial charge in [-0.2, -0.15) is 0 Å². The summed E-state index contributed by atoms with van der Waals surface area (Å²) in [6.07, 6.45) is 0.529. The number of aliphatic hydroxyl groups is 1. The average molecular weight is 438 g/mol. The van der Waals surface area contributed by atoms with Crippen LogP contribution in [0.25, 0.3) is 0 Å². The molecule has 0 spiro atoms. The molecular weight excluding hydrogens is 406 g/mol. The van der Waals surface area contributed by atoms with E-state index in [1.165, 1.54) is 6.92 Å². The smallest absolute Gasteiger partial charge is 0.290 e. The van der Waals surface area contributed by atoms with Gasteiger partial charge in [-0.25, -0.2) is 0 Å². The summed E-state index contributed by atoms with van der Waals surface area (Å²) in [7, 11) is 3.15. The van der Waals surface area contributed by atoms with Crippen molar-refractivity contribution in [3.8, 4) is 11.5 Å². The van der Waals surface area contributed by atoms with E-state index in [2.05, 4.69) is 20.8 Å². The summed E-state index contributed by atoms with van der Waals surface area (Å²) >= 11 is 0. The third-order valence-corrected chi connectivity index (χ3v) is 5.86. The minimum absolute atomic E-state index is 0.0154. The SMILES string of the molecule is COc1ccc(CCN2C(=O)C(O)=C(C(C)=O)[C@H]2c2ccc(C(C)(C)C)cc2)cc1OC. The molecule has 0 fully saturated rings. The topological polar surface area (TPSA) is 76.1 Å². The summed E-state index contributed by atoms with van der Waals surface area (Å²) in [4.78, 5) is 26.8. The fraction of sp³-hybridized carbons (Fsp3) is 0.385. The zero-order valence-corrected chi connectivity index (χ0v) is 19.6. The van der Waals surface area contributed by atoms with Crippen LogP contribution in [0.15, 0.2) is 53.8 Å². The van der Waals surface area contributed by atoms with Crippen molar-refractivity contribution >= 4 is 11.7 Å². The highest BCUT2D eigenvalue weighted by Gasteiger charge is 2.42. The van der Waals surface area contributed by atoms with Crippen LogP contribution in [0.5, 0.6) is 11.5 Å².